The third-order valence-electron chi connectivity index (χ3n) is 5.45. The summed E-state index contributed by atoms with van der Waals surface area (Å²) in [5.74, 6) is -0.0242. The van der Waals surface area contributed by atoms with E-state index in [0.717, 1.165) is 0 Å². The molecule has 1 aromatic carbocycles. The molecule has 2 atom stereocenters. The Morgan fingerprint density at radius 1 is 1.35 bits per heavy atom. The Balaban J connectivity index is 2.12. The quantitative estimate of drug-likeness (QED) is 0.839. The molecule has 0 radical (unpaired) electrons. The molecule has 4 rings (SSSR count). The molecule has 0 bridgehead atoms. The number of amides is 1. The lowest BCUT2D eigenvalue weighted by atomic mass is 9.64. The van der Waals surface area contributed by atoms with E-state index < -0.39 is 5.41 Å². The van der Waals surface area contributed by atoms with Crippen molar-refractivity contribution < 1.29 is 14.3 Å². The lowest BCUT2D eigenvalue weighted by Gasteiger charge is -2.38. The van der Waals surface area contributed by atoms with Gasteiger partial charge in [-0.15, -0.1) is 0 Å². The lowest BCUT2D eigenvalue weighted by molar-refractivity contribution is -0.125. The molecule has 2 N–H and O–H groups in total. The molecule has 3 aliphatic rings. The summed E-state index contributed by atoms with van der Waals surface area (Å²) in [4.78, 5) is 28.3. The topological polar surface area (TPSA) is 96.4 Å². The average Bonchev–Trinajstić information content (AvgIpc) is 2.84. The first-order chi connectivity index (χ1) is 12.5. The van der Waals surface area contributed by atoms with Gasteiger partial charge in [0.2, 0.25) is 11.8 Å². The number of para-hydroxylation sites is 1. The Morgan fingerprint density at radius 3 is 2.77 bits per heavy atom. The Morgan fingerprint density at radius 2 is 2.08 bits per heavy atom. The highest BCUT2D eigenvalue weighted by Gasteiger charge is 2.62. The van der Waals surface area contributed by atoms with Crippen LogP contribution < -0.4 is 10.6 Å². The SMILES string of the molecule is CCN1C(=O)C2(C(C#N)=C(N)OC3=C2C(=O)CC(C)C3)c2ccccc21. The maximum absolute atomic E-state index is 13.6. The van der Waals surface area contributed by atoms with Crippen molar-refractivity contribution in [3.63, 3.8) is 0 Å². The maximum Gasteiger partial charge on any atom is 0.247 e. The van der Waals surface area contributed by atoms with Crippen LogP contribution in [0.2, 0.25) is 0 Å². The van der Waals surface area contributed by atoms with Crippen LogP contribution in [0.15, 0.2) is 47.1 Å². The number of fused-ring (bicyclic) bond motifs is 3. The van der Waals surface area contributed by atoms with Crippen LogP contribution in [-0.4, -0.2) is 18.2 Å². The number of hydrogen-bond acceptors (Lipinski definition) is 5. The molecular formula is C20H19N3O3. The van der Waals surface area contributed by atoms with Crippen molar-refractivity contribution in [2.75, 3.05) is 11.4 Å². The van der Waals surface area contributed by atoms with Crippen molar-refractivity contribution in [3.05, 3.63) is 52.6 Å². The third-order valence-corrected chi connectivity index (χ3v) is 5.45. The first kappa shape index (κ1) is 16.4. The molecule has 0 fully saturated rings. The van der Waals surface area contributed by atoms with Crippen molar-refractivity contribution in [1.29, 1.82) is 5.26 Å². The molecule has 1 spiro atoms. The summed E-state index contributed by atoms with van der Waals surface area (Å²) in [6.45, 7) is 4.26. The molecule has 26 heavy (non-hydrogen) atoms. The van der Waals surface area contributed by atoms with E-state index in [1.807, 2.05) is 32.0 Å². The second-order valence-electron chi connectivity index (χ2n) is 7.00. The number of Topliss-reactive ketones (excluding diaryl/α,β-unsaturated/α-hetero) is 1. The minimum atomic E-state index is -1.49. The molecule has 6 nitrogen and oxygen atoms in total. The molecule has 1 amide bonds. The summed E-state index contributed by atoms with van der Waals surface area (Å²) in [5, 5.41) is 9.85. The third kappa shape index (κ3) is 1.80. The van der Waals surface area contributed by atoms with E-state index in [2.05, 4.69) is 6.07 Å². The fourth-order valence-corrected chi connectivity index (χ4v) is 4.46. The number of anilines is 1. The van der Waals surface area contributed by atoms with E-state index >= 15 is 0 Å². The van der Waals surface area contributed by atoms with E-state index in [9.17, 15) is 14.9 Å². The van der Waals surface area contributed by atoms with Gasteiger partial charge in [0.25, 0.3) is 0 Å². The van der Waals surface area contributed by atoms with Crippen LogP contribution in [0.3, 0.4) is 0 Å². The van der Waals surface area contributed by atoms with Crippen LogP contribution >= 0.6 is 0 Å². The van der Waals surface area contributed by atoms with E-state index in [1.54, 1.807) is 11.0 Å². The van der Waals surface area contributed by atoms with Gasteiger partial charge in [0.05, 0.1) is 5.57 Å². The van der Waals surface area contributed by atoms with Crippen molar-refractivity contribution in [2.24, 2.45) is 11.7 Å². The van der Waals surface area contributed by atoms with Gasteiger partial charge >= 0.3 is 0 Å². The molecular weight excluding hydrogens is 330 g/mol. The molecule has 1 aliphatic carbocycles. The largest absolute Gasteiger partial charge is 0.444 e. The monoisotopic (exact) mass is 349 g/mol. The Kier molecular flexibility index (Phi) is 3.45. The van der Waals surface area contributed by atoms with Gasteiger partial charge in [-0.2, -0.15) is 5.26 Å². The summed E-state index contributed by atoms with van der Waals surface area (Å²) in [7, 11) is 0. The van der Waals surface area contributed by atoms with Gasteiger partial charge in [-0.05, 0) is 18.9 Å². The highest BCUT2D eigenvalue weighted by Crippen LogP contribution is 2.55. The predicted octanol–water partition coefficient (Wildman–Crippen LogP) is 2.27. The van der Waals surface area contributed by atoms with E-state index in [0.29, 0.717) is 36.4 Å². The van der Waals surface area contributed by atoms with Gasteiger partial charge in [-0.25, -0.2) is 0 Å². The van der Waals surface area contributed by atoms with Gasteiger partial charge in [-0.3, -0.25) is 9.59 Å². The number of rotatable bonds is 1. The average molecular weight is 349 g/mol. The predicted molar refractivity (Wildman–Crippen MR) is 94.5 cm³/mol. The van der Waals surface area contributed by atoms with Crippen LogP contribution in [0.5, 0.6) is 0 Å². The van der Waals surface area contributed by atoms with Crippen molar-refractivity contribution in [2.45, 2.75) is 32.1 Å². The molecule has 2 aliphatic heterocycles. The number of carbonyl (C=O) groups is 2. The second-order valence-corrected chi connectivity index (χ2v) is 7.00. The molecule has 0 saturated carbocycles. The highest BCUT2D eigenvalue weighted by molar-refractivity contribution is 6.20. The van der Waals surface area contributed by atoms with Crippen molar-refractivity contribution in [3.8, 4) is 6.07 Å². The number of ether oxygens (including phenoxy) is 1. The molecule has 2 unspecified atom stereocenters. The zero-order valence-corrected chi connectivity index (χ0v) is 14.7. The first-order valence-corrected chi connectivity index (χ1v) is 8.73. The van der Waals surface area contributed by atoms with Crippen LogP contribution in [-0.2, 0) is 19.7 Å². The molecule has 0 aromatic heterocycles. The summed E-state index contributed by atoms with van der Waals surface area (Å²) >= 11 is 0. The first-order valence-electron chi connectivity index (χ1n) is 8.73. The Hall–Kier alpha value is -3.07. The fraction of sp³-hybridized carbons (Fsp3) is 0.350. The minimum absolute atomic E-state index is 0.00699. The van der Waals surface area contributed by atoms with Gasteiger partial charge < -0.3 is 15.4 Å². The number of nitriles is 1. The number of nitrogens with two attached hydrogens (primary N) is 1. The number of carbonyl (C=O) groups excluding carboxylic acids is 2. The number of benzene rings is 1. The summed E-state index contributed by atoms with van der Waals surface area (Å²) in [6, 6.07) is 9.35. The smallest absolute Gasteiger partial charge is 0.247 e. The van der Waals surface area contributed by atoms with Crippen LogP contribution in [0, 0.1) is 17.2 Å². The van der Waals surface area contributed by atoms with Crippen LogP contribution in [0.1, 0.15) is 32.3 Å². The number of likely N-dealkylation sites (N-methyl/N-ethyl adjacent to an activating group) is 1. The maximum atomic E-state index is 13.6. The molecule has 132 valence electrons. The number of ketones is 1. The molecule has 0 saturated heterocycles. The second kappa shape index (κ2) is 5.46. The van der Waals surface area contributed by atoms with Crippen LogP contribution in [0.4, 0.5) is 5.69 Å². The zero-order chi connectivity index (χ0) is 18.6. The zero-order valence-electron chi connectivity index (χ0n) is 14.7. The Bertz CT molecular complexity index is 953. The van der Waals surface area contributed by atoms with Gasteiger partial charge in [-0.1, -0.05) is 25.1 Å². The van der Waals surface area contributed by atoms with Gasteiger partial charge in [0.1, 0.15) is 22.8 Å². The fourth-order valence-electron chi connectivity index (χ4n) is 4.46. The number of nitrogens with zero attached hydrogens (tertiary/aromatic N) is 2. The van der Waals surface area contributed by atoms with E-state index in [1.165, 1.54) is 0 Å². The highest BCUT2D eigenvalue weighted by atomic mass is 16.5. The summed E-state index contributed by atoms with van der Waals surface area (Å²) in [6.07, 6.45) is 0.841. The lowest BCUT2D eigenvalue weighted by Crippen LogP contribution is -2.49. The van der Waals surface area contributed by atoms with Crippen LogP contribution in [0.25, 0.3) is 0 Å². The van der Waals surface area contributed by atoms with Crippen molar-refractivity contribution >= 4 is 17.4 Å². The molecule has 2 heterocycles. The van der Waals surface area contributed by atoms with Crippen molar-refractivity contribution in [1.82, 2.24) is 0 Å². The molecule has 1 aromatic rings. The normalized spacial score (nSPS) is 27.4. The number of hydrogen-bond donors (Lipinski definition) is 1. The molecule has 6 heteroatoms. The van der Waals surface area contributed by atoms with Gasteiger partial charge in [0.15, 0.2) is 5.78 Å². The summed E-state index contributed by atoms with van der Waals surface area (Å²) in [5.41, 5.74) is 6.21. The standard InChI is InChI=1S/C20H19N3O3/c1-3-23-14-7-5-4-6-12(14)20(19(23)25)13(10-21)18(22)26-16-9-11(2)8-15(24)17(16)20/h4-7,11H,3,8-9,22H2,1-2H3. The summed E-state index contributed by atoms with van der Waals surface area (Å²) < 4.78 is 5.68. The number of allylic oxidation sites excluding steroid dienone is 1. The van der Waals surface area contributed by atoms with E-state index in [-0.39, 0.29) is 34.6 Å². The minimum Gasteiger partial charge on any atom is -0.444 e. The van der Waals surface area contributed by atoms with E-state index in [4.69, 9.17) is 10.5 Å². The van der Waals surface area contributed by atoms with Gasteiger partial charge in [0, 0.05) is 30.6 Å². The Labute approximate surface area is 151 Å².